The largest absolute Gasteiger partial charge is 0.348 e. The quantitative estimate of drug-likeness (QED) is 0.0861. The number of azide groups is 1. The maximum absolute atomic E-state index is 13.5. The molecule has 0 unspecified atom stereocenters. The smallest absolute Gasteiger partial charge is 0.243 e. The lowest BCUT2D eigenvalue weighted by Gasteiger charge is -2.27. The normalized spacial score (nSPS) is 14.8. The van der Waals surface area contributed by atoms with Crippen LogP contribution in [0, 0.1) is 11.8 Å². The monoisotopic (exact) mass is 603 g/mol. The van der Waals surface area contributed by atoms with Crippen LogP contribution in [0.1, 0.15) is 52.5 Å². The predicted molar refractivity (Wildman–Crippen MR) is 165 cm³/mol. The number of amides is 3. The van der Waals surface area contributed by atoms with Crippen LogP contribution in [0.5, 0.6) is 0 Å². The molecule has 3 amide bonds. The molecule has 5 N–H and O–H groups in total. The highest BCUT2D eigenvalue weighted by Crippen LogP contribution is 2.12. The van der Waals surface area contributed by atoms with Gasteiger partial charge in [-0.2, -0.15) is 0 Å². The lowest BCUT2D eigenvalue weighted by Crippen LogP contribution is -2.56. The molecule has 42 heavy (non-hydrogen) atoms. The van der Waals surface area contributed by atoms with Crippen molar-refractivity contribution in [2.24, 2.45) is 22.7 Å². The van der Waals surface area contributed by atoms with Crippen LogP contribution < -0.4 is 21.7 Å². The first-order chi connectivity index (χ1) is 19.7. The highest BCUT2D eigenvalue weighted by Gasteiger charge is 2.30. The van der Waals surface area contributed by atoms with Crippen LogP contribution >= 0.6 is 0 Å². The lowest BCUT2D eigenvalue weighted by atomic mass is 9.99. The van der Waals surface area contributed by atoms with Gasteiger partial charge in [0.15, 0.2) is 9.84 Å². The van der Waals surface area contributed by atoms with Crippen LogP contribution in [-0.4, -0.2) is 63.1 Å². The van der Waals surface area contributed by atoms with Gasteiger partial charge in [0.1, 0.15) is 18.1 Å². The van der Waals surface area contributed by atoms with E-state index in [0.29, 0.717) is 12.8 Å². The SMILES string of the molecule is CC(C)C[C@H](NC(=O)[C@H](Cc1ccccc1)N=[N+]=[N-])C(=O)N[C@@H](CC(C)C)C(=O)N[C@H](/C=C/S(C)(=O)=O)C/C=C\CN. The topological polar surface area (TPSA) is 196 Å². The molecule has 0 aliphatic carbocycles. The fourth-order valence-corrected chi connectivity index (χ4v) is 4.55. The minimum absolute atomic E-state index is 0.0188. The molecule has 1 rings (SSSR count). The molecule has 0 saturated heterocycles. The zero-order chi connectivity index (χ0) is 31.7. The second-order valence-electron chi connectivity index (χ2n) is 11.0. The fraction of sp³-hybridized carbons (Fsp3) is 0.552. The molecule has 1 aromatic carbocycles. The van der Waals surface area contributed by atoms with Crippen molar-refractivity contribution >= 4 is 27.6 Å². The summed E-state index contributed by atoms with van der Waals surface area (Å²) >= 11 is 0. The van der Waals surface area contributed by atoms with Gasteiger partial charge in [0, 0.05) is 23.1 Å². The average Bonchev–Trinajstić information content (AvgIpc) is 2.90. The maximum atomic E-state index is 13.5. The third-order valence-electron chi connectivity index (χ3n) is 6.02. The zero-order valence-electron chi connectivity index (χ0n) is 25.1. The Kier molecular flexibility index (Phi) is 16.2. The molecule has 0 aromatic heterocycles. The summed E-state index contributed by atoms with van der Waals surface area (Å²) in [6.45, 7) is 7.88. The minimum atomic E-state index is -3.43. The second-order valence-corrected chi connectivity index (χ2v) is 12.9. The van der Waals surface area contributed by atoms with Crippen molar-refractivity contribution in [2.75, 3.05) is 12.8 Å². The van der Waals surface area contributed by atoms with Gasteiger partial charge in [0.2, 0.25) is 17.7 Å². The predicted octanol–water partition coefficient (Wildman–Crippen LogP) is 2.92. The molecule has 0 bridgehead atoms. The van der Waals surface area contributed by atoms with E-state index in [2.05, 4.69) is 26.0 Å². The first kappa shape index (κ1) is 36.4. The van der Waals surface area contributed by atoms with E-state index in [1.54, 1.807) is 12.2 Å². The van der Waals surface area contributed by atoms with Crippen molar-refractivity contribution in [1.29, 1.82) is 0 Å². The van der Waals surface area contributed by atoms with Gasteiger partial charge in [-0.25, -0.2) is 8.42 Å². The van der Waals surface area contributed by atoms with Gasteiger partial charge in [-0.3, -0.25) is 14.4 Å². The molecule has 232 valence electrons. The molecular weight excluding hydrogens is 558 g/mol. The van der Waals surface area contributed by atoms with E-state index >= 15 is 0 Å². The van der Waals surface area contributed by atoms with Crippen molar-refractivity contribution in [3.05, 3.63) is 70.0 Å². The number of rotatable bonds is 18. The van der Waals surface area contributed by atoms with E-state index < -0.39 is 51.7 Å². The standard InChI is InChI=1S/C29H45N7O5S/c1-20(2)17-24(27(37)32-23(13-9-10-15-30)14-16-42(5,40)41)33-28(38)25(18-21(3)4)34-29(39)26(35-36-31)19-22-11-7-6-8-12-22/h6-12,14,16,20-21,23-26H,13,15,17-19,30H2,1-5H3,(H,32,37)(H,33,38)(H,34,39)/b10-9-,16-14+/t23-,24-,25-,26-/m0/s1. The Morgan fingerprint density at radius 2 is 1.48 bits per heavy atom. The van der Waals surface area contributed by atoms with E-state index in [1.807, 2.05) is 58.0 Å². The van der Waals surface area contributed by atoms with E-state index in [0.717, 1.165) is 17.2 Å². The van der Waals surface area contributed by atoms with Gasteiger partial charge >= 0.3 is 0 Å². The Morgan fingerprint density at radius 1 is 0.929 bits per heavy atom. The maximum Gasteiger partial charge on any atom is 0.243 e. The van der Waals surface area contributed by atoms with E-state index in [4.69, 9.17) is 11.3 Å². The Morgan fingerprint density at radius 3 is 1.98 bits per heavy atom. The van der Waals surface area contributed by atoms with E-state index in [1.165, 1.54) is 6.08 Å². The molecule has 0 saturated carbocycles. The van der Waals surface area contributed by atoms with Crippen molar-refractivity contribution < 1.29 is 22.8 Å². The molecule has 4 atom stereocenters. The Bertz CT molecular complexity index is 1230. The summed E-state index contributed by atoms with van der Waals surface area (Å²) < 4.78 is 23.3. The summed E-state index contributed by atoms with van der Waals surface area (Å²) in [4.78, 5) is 42.8. The van der Waals surface area contributed by atoms with Gasteiger partial charge in [-0.05, 0) is 48.6 Å². The third kappa shape index (κ3) is 15.4. The second kappa shape index (κ2) is 18.7. The van der Waals surface area contributed by atoms with Crippen LogP contribution in [-0.2, 0) is 30.6 Å². The summed E-state index contributed by atoms with van der Waals surface area (Å²) in [6, 6.07) is 5.41. The first-order valence-corrected chi connectivity index (χ1v) is 15.9. The number of nitrogens with one attached hydrogen (secondary N) is 3. The van der Waals surface area contributed by atoms with Crippen molar-refractivity contribution in [1.82, 2.24) is 16.0 Å². The molecule has 12 nitrogen and oxygen atoms in total. The number of sulfone groups is 1. The van der Waals surface area contributed by atoms with Gasteiger partial charge in [0.25, 0.3) is 0 Å². The zero-order valence-corrected chi connectivity index (χ0v) is 25.9. The molecule has 0 spiro atoms. The molecular formula is C29H45N7O5S. The van der Waals surface area contributed by atoms with Gasteiger partial charge in [-0.15, -0.1) is 0 Å². The molecule has 0 aliphatic rings. The van der Waals surface area contributed by atoms with Crippen LogP contribution in [0.2, 0.25) is 0 Å². The van der Waals surface area contributed by atoms with Gasteiger partial charge in [0.05, 0.1) is 6.04 Å². The average molecular weight is 604 g/mol. The summed E-state index contributed by atoms with van der Waals surface area (Å²) in [5, 5.41) is 13.0. The first-order valence-electron chi connectivity index (χ1n) is 14.0. The van der Waals surface area contributed by atoms with Gasteiger partial charge < -0.3 is 21.7 Å². The van der Waals surface area contributed by atoms with Crippen LogP contribution in [0.25, 0.3) is 10.4 Å². The number of nitrogens with zero attached hydrogens (tertiary/aromatic N) is 3. The number of hydrogen-bond acceptors (Lipinski definition) is 7. The highest BCUT2D eigenvalue weighted by molar-refractivity contribution is 7.93. The number of carbonyl (C=O) groups excluding carboxylic acids is 3. The van der Waals surface area contributed by atoms with Crippen molar-refractivity contribution in [3.63, 3.8) is 0 Å². The van der Waals surface area contributed by atoms with Crippen LogP contribution in [0.4, 0.5) is 0 Å². The number of hydrogen-bond donors (Lipinski definition) is 4. The molecule has 1 aromatic rings. The summed E-state index contributed by atoms with van der Waals surface area (Å²) in [5.74, 6) is -1.60. The molecule has 0 heterocycles. The fourth-order valence-electron chi connectivity index (χ4n) is 4.08. The highest BCUT2D eigenvalue weighted by atomic mass is 32.2. The molecule has 0 radical (unpaired) electrons. The summed E-state index contributed by atoms with van der Waals surface area (Å²) in [7, 11) is -3.43. The molecule has 0 fully saturated rings. The van der Waals surface area contributed by atoms with Crippen molar-refractivity contribution in [3.8, 4) is 0 Å². The van der Waals surface area contributed by atoms with Gasteiger partial charge in [-0.1, -0.05) is 81.4 Å². The van der Waals surface area contributed by atoms with Crippen molar-refractivity contribution in [2.45, 2.75) is 77.5 Å². The molecule has 13 heteroatoms. The van der Waals surface area contributed by atoms with Crippen LogP contribution in [0.15, 0.2) is 59.1 Å². The van der Waals surface area contributed by atoms with E-state index in [9.17, 15) is 22.8 Å². The third-order valence-corrected chi connectivity index (χ3v) is 6.68. The Balaban J connectivity index is 3.15. The molecule has 0 aliphatic heterocycles. The minimum Gasteiger partial charge on any atom is -0.348 e. The summed E-state index contributed by atoms with van der Waals surface area (Å²) in [5.41, 5.74) is 15.3. The lowest BCUT2D eigenvalue weighted by molar-refractivity contribution is -0.133. The van der Waals surface area contributed by atoms with E-state index in [-0.39, 0.29) is 31.2 Å². The summed E-state index contributed by atoms with van der Waals surface area (Å²) in [6.07, 6.45) is 6.90. The number of carbonyl (C=O) groups is 3. The number of benzene rings is 1. The number of nitrogens with two attached hydrogens (primary N) is 1. The Labute approximate surface area is 249 Å². The Hall–Kier alpha value is -3.67. The van der Waals surface area contributed by atoms with Crippen LogP contribution in [0.3, 0.4) is 0 Å².